The summed E-state index contributed by atoms with van der Waals surface area (Å²) in [5, 5.41) is 12.4. The van der Waals surface area contributed by atoms with Gasteiger partial charge in [0.05, 0.1) is 34.8 Å². The van der Waals surface area contributed by atoms with Crippen LogP contribution in [0.5, 0.6) is 5.75 Å². The van der Waals surface area contributed by atoms with Crippen molar-refractivity contribution in [2.45, 2.75) is 98.8 Å². The largest absolute Gasteiger partial charge is 0.507 e. The first-order chi connectivity index (χ1) is 35.3. The maximum atomic E-state index is 12.4. The van der Waals surface area contributed by atoms with Crippen molar-refractivity contribution in [1.29, 1.82) is 0 Å². The van der Waals surface area contributed by atoms with Crippen molar-refractivity contribution >= 4 is 11.0 Å². The van der Waals surface area contributed by atoms with Crippen molar-refractivity contribution in [2.24, 2.45) is 0 Å². The van der Waals surface area contributed by atoms with Gasteiger partial charge in [-0.05, 0) is 145 Å². The monoisotopic (exact) mass is 886 g/mol. The Hall–Kier alpha value is -7.04. The second-order valence-electron chi connectivity index (χ2n) is 20.3. The van der Waals surface area contributed by atoms with Gasteiger partial charge in [0, 0.05) is 21.4 Å². The van der Waals surface area contributed by atoms with E-state index >= 15 is 0 Å². The third-order valence-corrected chi connectivity index (χ3v) is 12.8. The van der Waals surface area contributed by atoms with E-state index in [1.807, 2.05) is 91.2 Å². The summed E-state index contributed by atoms with van der Waals surface area (Å²) in [4.78, 5) is 10.3. The Morgan fingerprint density at radius 2 is 1.33 bits per heavy atom. The van der Waals surface area contributed by atoms with Gasteiger partial charge in [-0.2, -0.15) is 0 Å². The van der Waals surface area contributed by atoms with Gasteiger partial charge in [-0.25, -0.2) is 4.98 Å². The maximum absolute atomic E-state index is 12.4. The molecule has 0 aliphatic rings. The minimum absolute atomic E-state index is 0.0408. The number of benzene rings is 7. The van der Waals surface area contributed by atoms with Crippen LogP contribution in [0.3, 0.4) is 0 Å². The number of para-hydroxylation sites is 1. The Labute approximate surface area is 409 Å². The van der Waals surface area contributed by atoms with Crippen LogP contribution in [0, 0.1) is 6.85 Å². The molecule has 0 spiro atoms. The minimum atomic E-state index is -2.60. The lowest BCUT2D eigenvalue weighted by molar-refractivity contribution is 0.466. The van der Waals surface area contributed by atoms with Crippen LogP contribution < -0.4 is 0 Å². The first-order valence-corrected chi connectivity index (χ1v) is 23.2. The maximum Gasteiger partial charge on any atom is 0.149 e. The van der Waals surface area contributed by atoms with E-state index in [0.717, 1.165) is 61.2 Å². The minimum Gasteiger partial charge on any atom is -0.507 e. The van der Waals surface area contributed by atoms with Gasteiger partial charge in [-0.15, -0.1) is 0 Å². The smallest absolute Gasteiger partial charge is 0.149 e. The summed E-state index contributed by atoms with van der Waals surface area (Å²) in [6.07, 6.45) is 1.59. The Balaban J connectivity index is 1.34. The van der Waals surface area contributed by atoms with E-state index < -0.39 is 25.0 Å². The van der Waals surface area contributed by atoms with Crippen LogP contribution in [0.15, 0.2) is 164 Å². The van der Waals surface area contributed by atoms with E-state index in [9.17, 15) is 9.22 Å². The molecular formula is C63H63N3O. The highest BCUT2D eigenvalue weighted by molar-refractivity contribution is 5.97. The number of phenols is 1. The van der Waals surface area contributed by atoms with Crippen LogP contribution in [0.25, 0.3) is 83.9 Å². The molecule has 67 heavy (non-hydrogen) atoms. The first-order valence-electron chi connectivity index (χ1n) is 27.2. The number of aromatic nitrogens is 3. The molecule has 0 aliphatic heterocycles. The molecule has 0 saturated carbocycles. The van der Waals surface area contributed by atoms with Gasteiger partial charge in [0.15, 0.2) is 0 Å². The molecule has 4 heteroatoms. The molecule has 7 aromatic carbocycles. The molecule has 0 amide bonds. The Kier molecular flexibility index (Phi) is 9.51. The first kappa shape index (κ1) is 36.1. The second kappa shape index (κ2) is 17.6. The highest BCUT2D eigenvalue weighted by atomic mass is 16.3. The van der Waals surface area contributed by atoms with E-state index in [1.165, 1.54) is 0 Å². The van der Waals surface area contributed by atoms with E-state index in [0.29, 0.717) is 39.4 Å². The number of nitrogens with zero attached hydrogens (tertiary/aromatic N) is 3. The van der Waals surface area contributed by atoms with E-state index in [-0.39, 0.29) is 51.6 Å². The highest BCUT2D eigenvalue weighted by Gasteiger charge is 2.27. The Morgan fingerprint density at radius 1 is 0.597 bits per heavy atom. The SMILES string of the molecule is [2H]c1c([2H])c([2H])c(-c2ccnc(-c3cc(-c4cccc5c4nc(-c4cc(C(C)C)cc(C(C)C)c4O)n5-c4ccc(-c5c(-c6ccccc6)cccc5C(C)(C)C)cc4C([2H])([2H])[2H])cc(C(C)(C)C)c3)c2)c([2H])c1[2H]. The van der Waals surface area contributed by atoms with Gasteiger partial charge < -0.3 is 5.11 Å². The van der Waals surface area contributed by atoms with Crippen molar-refractivity contribution < 1.29 is 16.1 Å². The second-order valence-corrected chi connectivity index (χ2v) is 20.3. The van der Waals surface area contributed by atoms with Crippen LogP contribution >= 0.6 is 0 Å². The number of aromatic hydroxyl groups is 1. The number of phenolic OH excluding ortho intramolecular Hbond substituents is 1. The number of aryl methyl sites for hydroxylation is 1. The predicted octanol–water partition coefficient (Wildman–Crippen LogP) is 17.3. The van der Waals surface area contributed by atoms with Crippen LogP contribution in [0.1, 0.15) is 120 Å². The number of pyridine rings is 1. The van der Waals surface area contributed by atoms with E-state index in [2.05, 4.69) is 97.9 Å². The molecule has 0 atom stereocenters. The normalized spacial score (nSPS) is 14.0. The van der Waals surface area contributed by atoms with Crippen LogP contribution in [-0.4, -0.2) is 19.6 Å². The van der Waals surface area contributed by atoms with E-state index in [4.69, 9.17) is 16.8 Å². The zero-order chi connectivity index (χ0) is 54.2. The van der Waals surface area contributed by atoms with Crippen molar-refractivity contribution in [3.05, 3.63) is 192 Å². The molecule has 0 saturated heterocycles. The number of fused-ring (bicyclic) bond motifs is 1. The molecule has 336 valence electrons. The van der Waals surface area contributed by atoms with Gasteiger partial charge in [-0.1, -0.05) is 178 Å². The molecule has 2 aromatic heterocycles. The highest BCUT2D eigenvalue weighted by Crippen LogP contribution is 2.45. The molecule has 9 aromatic rings. The number of rotatable bonds is 9. The summed E-state index contributed by atoms with van der Waals surface area (Å²) in [6.45, 7) is 18.6. The van der Waals surface area contributed by atoms with Crippen molar-refractivity contribution in [3.8, 4) is 78.6 Å². The fraction of sp³-hybridized carbons (Fsp3) is 0.238. The summed E-state index contributed by atoms with van der Waals surface area (Å²) in [5.74, 6) is 0.521. The predicted molar refractivity (Wildman–Crippen MR) is 283 cm³/mol. The van der Waals surface area contributed by atoms with Crippen molar-refractivity contribution in [3.63, 3.8) is 0 Å². The van der Waals surface area contributed by atoms with Gasteiger partial charge in [-0.3, -0.25) is 9.55 Å². The molecule has 0 unspecified atom stereocenters. The van der Waals surface area contributed by atoms with Crippen LogP contribution in [-0.2, 0) is 10.8 Å². The fourth-order valence-electron chi connectivity index (χ4n) is 9.12. The van der Waals surface area contributed by atoms with E-state index in [1.54, 1.807) is 18.3 Å². The summed E-state index contributed by atoms with van der Waals surface area (Å²) < 4.78 is 72.1. The molecule has 1 N–H and O–H groups in total. The molecule has 4 nitrogen and oxygen atoms in total. The lowest BCUT2D eigenvalue weighted by Gasteiger charge is -2.26. The molecule has 9 rings (SSSR count). The Morgan fingerprint density at radius 3 is 2.03 bits per heavy atom. The number of hydrogen-bond donors (Lipinski definition) is 1. The standard InChI is InChI=1S/C63H63N3O/c1-39(2)46-36-52(40(3)4)60(67)53(37-46)61-65-59-51(47-33-48(35-49(34-47)62(6,7)8)55-38-44(30-31-64-55)42-20-14-12-15-21-42)25-19-27-57(59)66(61)56-29-28-45(32-41(56)5)58-50(43-22-16-13-17-23-43)24-18-26-54(58)63(9,10)11/h12-40,67H,1-11H3/i5D3,12D,14D,15D,20D,21D. The zero-order valence-electron chi connectivity index (χ0n) is 48.1. The average molecular weight is 886 g/mol. The average Bonchev–Trinajstić information content (AvgIpc) is 3.76. The van der Waals surface area contributed by atoms with Gasteiger partial charge in [0.25, 0.3) is 0 Å². The molecule has 0 fully saturated rings. The lowest BCUT2D eigenvalue weighted by atomic mass is 9.78. The zero-order valence-corrected chi connectivity index (χ0v) is 40.1. The third kappa shape index (κ3) is 8.74. The Bertz CT molecular complexity index is 3660. The van der Waals surface area contributed by atoms with Gasteiger partial charge in [0.1, 0.15) is 11.6 Å². The summed E-state index contributed by atoms with van der Waals surface area (Å²) in [5.41, 5.74) is 12.5. The molecular weight excluding hydrogens is 815 g/mol. The van der Waals surface area contributed by atoms with Crippen molar-refractivity contribution in [2.75, 3.05) is 0 Å². The third-order valence-electron chi connectivity index (χ3n) is 12.8. The molecule has 0 bridgehead atoms. The van der Waals surface area contributed by atoms with Crippen molar-refractivity contribution in [1.82, 2.24) is 14.5 Å². The summed E-state index contributed by atoms with van der Waals surface area (Å²) >= 11 is 0. The molecule has 0 aliphatic carbocycles. The summed E-state index contributed by atoms with van der Waals surface area (Å²) in [7, 11) is 0. The van der Waals surface area contributed by atoms with Gasteiger partial charge >= 0.3 is 0 Å². The van der Waals surface area contributed by atoms with Gasteiger partial charge in [0.2, 0.25) is 0 Å². The number of hydrogen-bond acceptors (Lipinski definition) is 3. The molecule has 2 heterocycles. The molecule has 0 radical (unpaired) electrons. The topological polar surface area (TPSA) is 50.9 Å². The lowest BCUT2D eigenvalue weighted by Crippen LogP contribution is -2.13. The van der Waals surface area contributed by atoms with Crippen LogP contribution in [0.2, 0.25) is 0 Å². The quantitative estimate of drug-likeness (QED) is 0.157. The fourth-order valence-corrected chi connectivity index (χ4v) is 9.12. The summed E-state index contributed by atoms with van der Waals surface area (Å²) in [6, 6.07) is 39.8. The number of imidazole rings is 1. The van der Waals surface area contributed by atoms with Crippen LogP contribution in [0.4, 0.5) is 0 Å².